The standard InChI is InChI=1S/C24H20BrN3O4S/c1-14-9-19(33(30,31)18-8-3-5-15(25)10-18)12-20-22(14)27-13-21(24(26)29)23(20)28-16-6-4-7-17(11-16)32-2/h3-13H,1-2H3,(H2,26,29)(H,27,28). The van der Waals surface area contributed by atoms with Gasteiger partial charge in [-0.1, -0.05) is 28.1 Å². The van der Waals surface area contributed by atoms with Crippen molar-refractivity contribution in [2.75, 3.05) is 12.4 Å². The first-order chi connectivity index (χ1) is 15.7. The first kappa shape index (κ1) is 22.8. The number of pyridine rings is 1. The quantitative estimate of drug-likeness (QED) is 0.366. The van der Waals surface area contributed by atoms with Crippen LogP contribution in [0.4, 0.5) is 11.4 Å². The van der Waals surface area contributed by atoms with Gasteiger partial charge in [-0.05, 0) is 55.0 Å². The molecule has 33 heavy (non-hydrogen) atoms. The zero-order valence-electron chi connectivity index (χ0n) is 17.8. The summed E-state index contributed by atoms with van der Waals surface area (Å²) in [6.45, 7) is 1.77. The minimum atomic E-state index is -3.83. The monoisotopic (exact) mass is 525 g/mol. The smallest absolute Gasteiger partial charge is 0.252 e. The second kappa shape index (κ2) is 8.84. The number of anilines is 2. The van der Waals surface area contributed by atoms with Crippen molar-refractivity contribution in [3.63, 3.8) is 0 Å². The van der Waals surface area contributed by atoms with Crippen LogP contribution in [0, 0.1) is 6.92 Å². The number of sulfone groups is 1. The van der Waals surface area contributed by atoms with Crippen molar-refractivity contribution < 1.29 is 17.9 Å². The van der Waals surface area contributed by atoms with Gasteiger partial charge in [-0.15, -0.1) is 0 Å². The normalized spacial score (nSPS) is 11.4. The molecule has 1 heterocycles. The summed E-state index contributed by atoms with van der Waals surface area (Å²) in [4.78, 5) is 16.8. The van der Waals surface area contributed by atoms with Crippen molar-refractivity contribution in [3.8, 4) is 5.75 Å². The molecule has 4 aromatic rings. The Labute approximate surface area is 199 Å². The van der Waals surface area contributed by atoms with E-state index in [4.69, 9.17) is 10.5 Å². The molecule has 0 fully saturated rings. The highest BCUT2D eigenvalue weighted by atomic mass is 79.9. The van der Waals surface area contributed by atoms with Crippen LogP contribution in [-0.4, -0.2) is 26.4 Å². The van der Waals surface area contributed by atoms with Crippen LogP contribution in [0.1, 0.15) is 15.9 Å². The molecule has 0 aliphatic carbocycles. The average Bonchev–Trinajstić information content (AvgIpc) is 2.79. The van der Waals surface area contributed by atoms with Crippen molar-refractivity contribution in [2.45, 2.75) is 16.7 Å². The Bertz CT molecular complexity index is 1500. The van der Waals surface area contributed by atoms with Crippen LogP contribution < -0.4 is 15.8 Å². The number of hydrogen-bond donors (Lipinski definition) is 2. The van der Waals surface area contributed by atoms with Crippen molar-refractivity contribution in [1.82, 2.24) is 4.98 Å². The van der Waals surface area contributed by atoms with Crippen molar-refractivity contribution in [3.05, 3.63) is 82.5 Å². The van der Waals surface area contributed by atoms with Gasteiger partial charge in [0.25, 0.3) is 5.91 Å². The topological polar surface area (TPSA) is 111 Å². The van der Waals surface area contributed by atoms with Gasteiger partial charge in [0.2, 0.25) is 9.84 Å². The largest absolute Gasteiger partial charge is 0.497 e. The number of benzene rings is 3. The molecule has 4 rings (SSSR count). The van der Waals surface area contributed by atoms with Gasteiger partial charge in [0, 0.05) is 27.8 Å². The first-order valence-corrected chi connectivity index (χ1v) is 12.1. The fraction of sp³-hybridized carbons (Fsp3) is 0.0833. The van der Waals surface area contributed by atoms with Crippen molar-refractivity contribution in [2.24, 2.45) is 5.73 Å². The highest BCUT2D eigenvalue weighted by molar-refractivity contribution is 9.10. The molecule has 0 radical (unpaired) electrons. The number of carbonyl (C=O) groups excluding carboxylic acids is 1. The lowest BCUT2D eigenvalue weighted by Gasteiger charge is -2.16. The number of nitrogens with two attached hydrogens (primary N) is 1. The Morgan fingerprint density at radius 1 is 1.06 bits per heavy atom. The van der Waals surface area contributed by atoms with Crippen LogP contribution in [0.5, 0.6) is 5.75 Å². The number of fused-ring (bicyclic) bond motifs is 1. The number of amides is 1. The molecule has 3 aromatic carbocycles. The van der Waals surface area contributed by atoms with E-state index >= 15 is 0 Å². The second-order valence-electron chi connectivity index (χ2n) is 7.37. The molecule has 0 aliphatic heterocycles. The number of ether oxygens (including phenoxy) is 1. The number of aryl methyl sites for hydroxylation is 1. The third kappa shape index (κ3) is 4.42. The van der Waals surface area contributed by atoms with E-state index in [1.807, 2.05) is 0 Å². The van der Waals surface area contributed by atoms with Crippen LogP contribution in [-0.2, 0) is 9.84 Å². The first-order valence-electron chi connectivity index (χ1n) is 9.85. The molecule has 3 N–H and O–H groups in total. The fourth-order valence-corrected chi connectivity index (χ4v) is 5.51. The van der Waals surface area contributed by atoms with Gasteiger partial charge < -0.3 is 15.8 Å². The minimum absolute atomic E-state index is 0.0858. The van der Waals surface area contributed by atoms with Crippen LogP contribution in [0.2, 0.25) is 0 Å². The van der Waals surface area contributed by atoms with Gasteiger partial charge >= 0.3 is 0 Å². The number of nitrogens with zero attached hydrogens (tertiary/aromatic N) is 1. The number of hydrogen-bond acceptors (Lipinski definition) is 6. The molecule has 0 spiro atoms. The lowest BCUT2D eigenvalue weighted by molar-refractivity contribution is 0.100. The van der Waals surface area contributed by atoms with E-state index < -0.39 is 15.7 Å². The summed E-state index contributed by atoms with van der Waals surface area (Å²) in [5.41, 5.74) is 7.97. The fourth-order valence-electron chi connectivity index (χ4n) is 3.54. The summed E-state index contributed by atoms with van der Waals surface area (Å²) in [6, 6.07) is 16.7. The summed E-state index contributed by atoms with van der Waals surface area (Å²) in [6.07, 6.45) is 1.39. The molecule has 168 valence electrons. The van der Waals surface area contributed by atoms with Crippen LogP contribution in [0.15, 0.2) is 81.1 Å². The molecule has 0 unspecified atom stereocenters. The summed E-state index contributed by atoms with van der Waals surface area (Å²) in [5, 5.41) is 3.66. The highest BCUT2D eigenvalue weighted by Gasteiger charge is 2.22. The number of methoxy groups -OCH3 is 1. The molecule has 0 atom stereocenters. The number of halogens is 1. The number of aromatic nitrogens is 1. The van der Waals surface area contributed by atoms with E-state index in [0.717, 1.165) is 0 Å². The lowest BCUT2D eigenvalue weighted by Crippen LogP contribution is -2.14. The van der Waals surface area contributed by atoms with Crippen molar-refractivity contribution >= 4 is 54.0 Å². The molecule has 0 saturated carbocycles. The summed E-state index contributed by atoms with van der Waals surface area (Å²) in [5.74, 6) is -0.0687. The lowest BCUT2D eigenvalue weighted by atomic mass is 10.1. The third-order valence-electron chi connectivity index (χ3n) is 5.16. The summed E-state index contributed by atoms with van der Waals surface area (Å²) < 4.78 is 32.7. The Kier molecular flexibility index (Phi) is 6.09. The molecular formula is C24H20BrN3O4S. The molecular weight excluding hydrogens is 506 g/mol. The molecule has 7 nitrogen and oxygen atoms in total. The predicted molar refractivity (Wildman–Crippen MR) is 131 cm³/mol. The molecule has 0 bridgehead atoms. The van der Waals surface area contributed by atoms with E-state index in [1.165, 1.54) is 18.3 Å². The van der Waals surface area contributed by atoms with Gasteiger partial charge in [-0.3, -0.25) is 9.78 Å². The zero-order chi connectivity index (χ0) is 23.8. The summed E-state index contributed by atoms with van der Waals surface area (Å²) >= 11 is 3.32. The molecule has 0 aliphatic rings. The van der Waals surface area contributed by atoms with E-state index in [0.29, 0.717) is 38.1 Å². The van der Waals surface area contributed by atoms with Crippen molar-refractivity contribution in [1.29, 1.82) is 0 Å². The Hall–Kier alpha value is -3.43. The van der Waals surface area contributed by atoms with E-state index in [2.05, 4.69) is 26.2 Å². The molecule has 1 amide bonds. The van der Waals surface area contributed by atoms with Gasteiger partial charge in [0.05, 0.1) is 33.7 Å². The van der Waals surface area contributed by atoms with E-state index in [-0.39, 0.29) is 15.4 Å². The third-order valence-corrected chi connectivity index (χ3v) is 7.38. The van der Waals surface area contributed by atoms with Gasteiger partial charge in [-0.2, -0.15) is 0 Å². The van der Waals surface area contributed by atoms with Crippen LogP contribution in [0.25, 0.3) is 10.9 Å². The SMILES string of the molecule is COc1cccc(Nc2c(C(N)=O)cnc3c(C)cc(S(=O)(=O)c4cccc(Br)c4)cc23)c1. The van der Waals surface area contributed by atoms with Crippen LogP contribution >= 0.6 is 15.9 Å². The minimum Gasteiger partial charge on any atom is -0.497 e. The van der Waals surface area contributed by atoms with E-state index in [9.17, 15) is 13.2 Å². The number of nitrogens with one attached hydrogen (secondary N) is 1. The van der Waals surface area contributed by atoms with Gasteiger partial charge in [0.1, 0.15) is 5.75 Å². The molecule has 1 aromatic heterocycles. The van der Waals surface area contributed by atoms with Crippen LogP contribution in [0.3, 0.4) is 0 Å². The number of rotatable bonds is 6. The molecule has 0 saturated heterocycles. The Morgan fingerprint density at radius 3 is 2.52 bits per heavy atom. The van der Waals surface area contributed by atoms with Gasteiger partial charge in [-0.25, -0.2) is 8.42 Å². The average molecular weight is 526 g/mol. The maximum absolute atomic E-state index is 13.4. The number of primary amides is 1. The van der Waals surface area contributed by atoms with Gasteiger partial charge in [0.15, 0.2) is 0 Å². The number of carbonyl (C=O) groups is 1. The highest BCUT2D eigenvalue weighted by Crippen LogP contribution is 2.35. The van der Waals surface area contributed by atoms with E-state index in [1.54, 1.807) is 62.6 Å². The zero-order valence-corrected chi connectivity index (χ0v) is 20.2. The predicted octanol–water partition coefficient (Wildman–Crippen LogP) is 4.99. The Balaban J connectivity index is 1.96. The molecule has 9 heteroatoms. The maximum Gasteiger partial charge on any atom is 0.252 e. The summed E-state index contributed by atoms with van der Waals surface area (Å²) in [7, 11) is -2.28. The second-order valence-corrected chi connectivity index (χ2v) is 10.2. The maximum atomic E-state index is 13.4. The Morgan fingerprint density at radius 2 is 1.82 bits per heavy atom.